The lowest BCUT2D eigenvalue weighted by Gasteiger charge is -2.23. The van der Waals surface area contributed by atoms with E-state index in [9.17, 15) is 18.4 Å². The molecule has 0 aliphatic carbocycles. The summed E-state index contributed by atoms with van der Waals surface area (Å²) in [5.74, 6) is -1.86. The molecule has 3 amide bonds. The number of hydrogen-bond donors (Lipinski definition) is 1. The molecule has 3 aromatic rings. The number of nitrogens with one attached hydrogen (secondary N) is 1. The van der Waals surface area contributed by atoms with Crippen molar-refractivity contribution >= 4 is 11.9 Å². The van der Waals surface area contributed by atoms with E-state index in [-0.39, 0.29) is 12.2 Å². The first kappa shape index (κ1) is 18.8. The Balaban J connectivity index is 1.59. The first-order valence-corrected chi connectivity index (χ1v) is 8.97. The van der Waals surface area contributed by atoms with E-state index in [2.05, 4.69) is 15.5 Å². The van der Waals surface area contributed by atoms with E-state index in [0.717, 1.165) is 17.0 Å². The molecule has 1 aliphatic rings. The molecule has 0 spiro atoms. The summed E-state index contributed by atoms with van der Waals surface area (Å²) in [6, 6.07) is 4.18. The Bertz CT molecular complexity index is 1110. The molecule has 4 rings (SSSR count). The molecule has 1 aliphatic heterocycles. The van der Waals surface area contributed by atoms with Crippen LogP contribution < -0.4 is 5.32 Å². The van der Waals surface area contributed by atoms with Crippen LogP contribution in [-0.4, -0.2) is 36.4 Å². The van der Waals surface area contributed by atoms with Crippen molar-refractivity contribution in [2.45, 2.75) is 25.4 Å². The van der Waals surface area contributed by atoms with Crippen molar-refractivity contribution in [3.63, 3.8) is 0 Å². The van der Waals surface area contributed by atoms with Crippen molar-refractivity contribution in [2.75, 3.05) is 0 Å². The number of hydrogen-bond acceptors (Lipinski definition) is 4. The Morgan fingerprint density at radius 2 is 2.00 bits per heavy atom. The van der Waals surface area contributed by atoms with Gasteiger partial charge in [-0.05, 0) is 24.6 Å². The van der Waals surface area contributed by atoms with Crippen molar-refractivity contribution in [2.24, 2.45) is 7.05 Å². The highest BCUT2D eigenvalue weighted by molar-refractivity contribution is 6.07. The maximum absolute atomic E-state index is 14.0. The average Bonchev–Trinajstić information content (AvgIpc) is 3.37. The van der Waals surface area contributed by atoms with Gasteiger partial charge in [0.1, 0.15) is 17.0 Å². The minimum atomic E-state index is -1.18. The number of aromatic nitrogens is 4. The van der Waals surface area contributed by atoms with Gasteiger partial charge in [-0.25, -0.2) is 18.3 Å². The summed E-state index contributed by atoms with van der Waals surface area (Å²) in [7, 11) is 1.73. The molecule has 0 radical (unpaired) electrons. The molecule has 8 nitrogen and oxygen atoms in total. The molecule has 0 bridgehead atoms. The van der Waals surface area contributed by atoms with Crippen LogP contribution in [0.4, 0.5) is 13.6 Å². The largest absolute Gasteiger partial charge is 0.325 e. The number of amides is 3. The number of carbonyl (C=O) groups excluding carboxylic acids is 2. The van der Waals surface area contributed by atoms with Crippen molar-refractivity contribution < 1.29 is 18.4 Å². The van der Waals surface area contributed by atoms with Crippen molar-refractivity contribution in [1.29, 1.82) is 0 Å². The van der Waals surface area contributed by atoms with Crippen LogP contribution >= 0.6 is 0 Å². The molecule has 10 heteroatoms. The Morgan fingerprint density at radius 3 is 2.66 bits per heavy atom. The Hall–Kier alpha value is -3.56. The van der Waals surface area contributed by atoms with E-state index in [0.29, 0.717) is 17.7 Å². The van der Waals surface area contributed by atoms with Crippen LogP contribution in [0.25, 0.3) is 5.69 Å². The molecule has 150 valence electrons. The molecule has 1 unspecified atom stereocenters. The molecule has 1 saturated heterocycles. The summed E-state index contributed by atoms with van der Waals surface area (Å²) >= 11 is 0. The van der Waals surface area contributed by atoms with Gasteiger partial charge in [0.05, 0.1) is 18.4 Å². The fraction of sp³-hybridized carbons (Fsp3) is 0.263. The molecule has 0 saturated carbocycles. The first-order chi connectivity index (χ1) is 13.8. The second kappa shape index (κ2) is 6.80. The van der Waals surface area contributed by atoms with E-state index in [1.54, 1.807) is 37.1 Å². The van der Waals surface area contributed by atoms with Gasteiger partial charge in [0.15, 0.2) is 5.82 Å². The summed E-state index contributed by atoms with van der Waals surface area (Å²) in [6.07, 6.45) is 5.09. The SMILES string of the molecule is CCC1(c2cnn(C)c2)NC(=O)N(Cc2ccn(-c3ccc(F)cc3F)n2)C1=O. The summed E-state index contributed by atoms with van der Waals surface area (Å²) in [5.41, 5.74) is -0.137. The average molecular weight is 400 g/mol. The van der Waals surface area contributed by atoms with Crippen LogP contribution in [0.2, 0.25) is 0 Å². The number of rotatable bonds is 5. The summed E-state index contributed by atoms with van der Waals surface area (Å²) in [5, 5.41) is 11.1. The summed E-state index contributed by atoms with van der Waals surface area (Å²) in [4.78, 5) is 26.7. The van der Waals surface area contributed by atoms with Gasteiger partial charge in [-0.1, -0.05) is 6.92 Å². The Morgan fingerprint density at radius 1 is 1.21 bits per heavy atom. The highest BCUT2D eigenvalue weighted by Gasteiger charge is 2.52. The van der Waals surface area contributed by atoms with Crippen molar-refractivity contribution in [3.8, 4) is 5.69 Å². The number of benzene rings is 1. The maximum atomic E-state index is 14.0. The predicted octanol–water partition coefficient (Wildman–Crippen LogP) is 2.24. The zero-order chi connectivity index (χ0) is 20.8. The van der Waals surface area contributed by atoms with Gasteiger partial charge in [-0.3, -0.25) is 14.4 Å². The first-order valence-electron chi connectivity index (χ1n) is 8.97. The number of nitrogens with zero attached hydrogens (tertiary/aromatic N) is 5. The van der Waals surface area contributed by atoms with E-state index in [1.807, 2.05) is 0 Å². The van der Waals surface area contributed by atoms with Crippen LogP contribution in [0, 0.1) is 11.6 Å². The fourth-order valence-electron chi connectivity index (χ4n) is 3.46. The number of urea groups is 1. The number of imide groups is 1. The van der Waals surface area contributed by atoms with Gasteiger partial charge in [0, 0.05) is 31.1 Å². The fourth-order valence-corrected chi connectivity index (χ4v) is 3.46. The number of carbonyl (C=O) groups is 2. The van der Waals surface area contributed by atoms with E-state index in [4.69, 9.17) is 0 Å². The maximum Gasteiger partial charge on any atom is 0.325 e. The van der Waals surface area contributed by atoms with E-state index >= 15 is 0 Å². The molecule has 1 atom stereocenters. The summed E-state index contributed by atoms with van der Waals surface area (Å²) < 4.78 is 29.9. The lowest BCUT2D eigenvalue weighted by molar-refractivity contribution is -0.132. The quantitative estimate of drug-likeness (QED) is 0.666. The molecular weight excluding hydrogens is 382 g/mol. The van der Waals surface area contributed by atoms with E-state index < -0.39 is 29.1 Å². The standard InChI is InChI=1S/C19H18F2N6O2/c1-3-19(12-9-22-25(2)10-12)17(28)26(18(29)23-19)11-14-6-7-27(24-14)16-5-4-13(20)8-15(16)21/h4-10H,3,11H2,1-2H3,(H,23,29). The van der Waals surface area contributed by atoms with Crippen LogP contribution in [0.3, 0.4) is 0 Å². The topological polar surface area (TPSA) is 85.1 Å². The van der Waals surface area contributed by atoms with Crippen LogP contribution in [0.1, 0.15) is 24.6 Å². The molecule has 29 heavy (non-hydrogen) atoms. The van der Waals surface area contributed by atoms with Crippen molar-refractivity contribution in [1.82, 2.24) is 29.8 Å². The number of aryl methyl sites for hydroxylation is 1. The van der Waals surface area contributed by atoms with Gasteiger partial charge >= 0.3 is 6.03 Å². The Kier molecular flexibility index (Phi) is 4.40. The zero-order valence-corrected chi connectivity index (χ0v) is 15.8. The molecular formula is C19H18F2N6O2. The number of halogens is 2. The molecule has 1 aromatic carbocycles. The van der Waals surface area contributed by atoms with Gasteiger partial charge in [0.25, 0.3) is 5.91 Å². The lowest BCUT2D eigenvalue weighted by atomic mass is 9.89. The zero-order valence-electron chi connectivity index (χ0n) is 15.8. The third kappa shape index (κ3) is 3.06. The Labute approximate surface area is 164 Å². The third-order valence-electron chi connectivity index (χ3n) is 5.02. The van der Waals surface area contributed by atoms with Crippen LogP contribution in [0.15, 0.2) is 42.9 Å². The highest BCUT2D eigenvalue weighted by Crippen LogP contribution is 2.32. The normalized spacial score (nSPS) is 19.1. The third-order valence-corrected chi connectivity index (χ3v) is 5.02. The second-order valence-corrected chi connectivity index (χ2v) is 6.83. The lowest BCUT2D eigenvalue weighted by Crippen LogP contribution is -2.43. The van der Waals surface area contributed by atoms with E-state index in [1.165, 1.54) is 16.9 Å². The minimum absolute atomic E-state index is 0.0631. The van der Waals surface area contributed by atoms with Crippen molar-refractivity contribution in [3.05, 3.63) is 65.7 Å². The van der Waals surface area contributed by atoms with Crippen LogP contribution in [-0.2, 0) is 23.9 Å². The molecule has 2 aromatic heterocycles. The van der Waals surface area contributed by atoms with Gasteiger partial charge in [-0.2, -0.15) is 10.2 Å². The van der Waals surface area contributed by atoms with Gasteiger partial charge in [-0.15, -0.1) is 0 Å². The molecule has 3 heterocycles. The van der Waals surface area contributed by atoms with Gasteiger partial charge < -0.3 is 5.32 Å². The smallest absolute Gasteiger partial charge is 0.319 e. The van der Waals surface area contributed by atoms with Crippen LogP contribution in [0.5, 0.6) is 0 Å². The minimum Gasteiger partial charge on any atom is -0.319 e. The molecule has 1 N–H and O–H groups in total. The predicted molar refractivity (Wildman–Crippen MR) is 97.7 cm³/mol. The monoisotopic (exact) mass is 400 g/mol. The summed E-state index contributed by atoms with van der Waals surface area (Å²) in [6.45, 7) is 1.73. The second-order valence-electron chi connectivity index (χ2n) is 6.83. The van der Waals surface area contributed by atoms with Gasteiger partial charge in [0.2, 0.25) is 0 Å². The highest BCUT2D eigenvalue weighted by atomic mass is 19.1. The molecule has 1 fully saturated rings.